The van der Waals surface area contributed by atoms with E-state index in [1.54, 1.807) is 19.1 Å². The highest BCUT2D eigenvalue weighted by Gasteiger charge is 2.36. The number of benzene rings is 1. The van der Waals surface area contributed by atoms with Crippen molar-refractivity contribution in [1.82, 2.24) is 10.3 Å². The molecule has 1 amide bonds. The summed E-state index contributed by atoms with van der Waals surface area (Å²) in [6.07, 6.45) is -3.84. The lowest BCUT2D eigenvalue weighted by molar-refractivity contribution is -0.138. The Morgan fingerprint density at radius 2 is 1.72 bits per heavy atom. The molecule has 0 aliphatic carbocycles. The molecule has 12 heteroatoms. The van der Waals surface area contributed by atoms with Gasteiger partial charge in [-0.15, -0.1) is 0 Å². The molecule has 2 aromatic rings. The molecular weight excluding hydrogens is 469 g/mol. The second-order valence-corrected chi connectivity index (χ2v) is 12.5. The largest absolute Gasteiger partial charge is 0.417 e. The van der Waals surface area contributed by atoms with E-state index in [4.69, 9.17) is 0 Å². The molecule has 1 aromatic carbocycles. The number of nitrogens with one attached hydrogen (secondary N) is 1. The highest BCUT2D eigenvalue weighted by atomic mass is 32.2. The smallest absolute Gasteiger partial charge is 0.351 e. The number of amides is 1. The van der Waals surface area contributed by atoms with Crippen LogP contribution >= 0.6 is 0 Å². The van der Waals surface area contributed by atoms with Gasteiger partial charge in [0.1, 0.15) is 5.69 Å². The first-order chi connectivity index (χ1) is 14.5. The van der Waals surface area contributed by atoms with E-state index in [1.165, 1.54) is 26.0 Å². The third-order valence-electron chi connectivity index (χ3n) is 4.83. The van der Waals surface area contributed by atoms with Crippen LogP contribution in [0.4, 0.5) is 13.2 Å². The van der Waals surface area contributed by atoms with Gasteiger partial charge in [-0.2, -0.15) is 13.2 Å². The van der Waals surface area contributed by atoms with Crippen molar-refractivity contribution in [2.75, 3.05) is 12.8 Å². The van der Waals surface area contributed by atoms with Crippen molar-refractivity contribution in [2.24, 2.45) is 0 Å². The Balaban J connectivity index is 2.22. The van der Waals surface area contributed by atoms with Crippen LogP contribution in [0.25, 0.3) is 0 Å². The molecule has 1 heterocycles. The summed E-state index contributed by atoms with van der Waals surface area (Å²) in [7, 11) is -7.96. The van der Waals surface area contributed by atoms with Crippen LogP contribution in [0.3, 0.4) is 0 Å². The predicted octanol–water partition coefficient (Wildman–Crippen LogP) is 3.18. The molecule has 0 aliphatic heterocycles. The standard InChI is InChI=1S/C20H23F3N2O5S2/c1-13-6-5-7-15(10-13)32(29,30)19(2,3)8-9-24-18(26)17-16(31(4,27)28)11-14(12-25-17)20(21,22)23/h5-7,10-12H,8-9H2,1-4H3,(H,24,26). The number of hydrogen-bond acceptors (Lipinski definition) is 6. The monoisotopic (exact) mass is 492 g/mol. The van der Waals surface area contributed by atoms with Gasteiger partial charge in [0, 0.05) is 19.0 Å². The molecule has 0 atom stereocenters. The van der Waals surface area contributed by atoms with E-state index in [-0.39, 0.29) is 17.9 Å². The quantitative estimate of drug-likeness (QED) is 0.636. The fraction of sp³-hybridized carbons (Fsp3) is 0.400. The number of pyridine rings is 1. The number of rotatable bonds is 7. The lowest BCUT2D eigenvalue weighted by Crippen LogP contribution is -2.37. The first kappa shape index (κ1) is 25.8. The topological polar surface area (TPSA) is 110 Å². The van der Waals surface area contributed by atoms with Crippen LogP contribution in [0.15, 0.2) is 46.3 Å². The van der Waals surface area contributed by atoms with Crippen LogP contribution in [-0.2, 0) is 25.9 Å². The van der Waals surface area contributed by atoms with Crippen molar-refractivity contribution >= 4 is 25.6 Å². The zero-order chi connectivity index (χ0) is 24.5. The third-order valence-corrected chi connectivity index (χ3v) is 8.48. The van der Waals surface area contributed by atoms with E-state index in [0.29, 0.717) is 18.5 Å². The Labute approximate surface area is 184 Å². The first-order valence-electron chi connectivity index (χ1n) is 9.33. The summed E-state index contributed by atoms with van der Waals surface area (Å²) < 4.78 is 87.2. The summed E-state index contributed by atoms with van der Waals surface area (Å²) >= 11 is 0. The van der Waals surface area contributed by atoms with E-state index in [1.807, 2.05) is 0 Å². The number of sulfone groups is 2. The fourth-order valence-electron chi connectivity index (χ4n) is 2.85. The SMILES string of the molecule is Cc1cccc(S(=O)(=O)C(C)(C)CCNC(=O)c2ncc(C(F)(F)F)cc2S(C)(=O)=O)c1. The zero-order valence-electron chi connectivity index (χ0n) is 17.8. The maximum atomic E-state index is 13.0. The van der Waals surface area contributed by atoms with Crippen LogP contribution in [0, 0.1) is 6.92 Å². The molecule has 0 fully saturated rings. The molecule has 7 nitrogen and oxygen atoms in total. The van der Waals surface area contributed by atoms with Crippen LogP contribution in [0.5, 0.6) is 0 Å². The van der Waals surface area contributed by atoms with Gasteiger partial charge in [-0.1, -0.05) is 12.1 Å². The summed E-state index contributed by atoms with van der Waals surface area (Å²) in [5.74, 6) is -1.03. The van der Waals surface area contributed by atoms with E-state index < -0.39 is 52.7 Å². The van der Waals surface area contributed by atoms with E-state index >= 15 is 0 Å². The first-order valence-corrected chi connectivity index (χ1v) is 12.7. The molecule has 0 bridgehead atoms. The maximum absolute atomic E-state index is 13.0. The second kappa shape index (κ2) is 8.81. The highest BCUT2D eigenvalue weighted by molar-refractivity contribution is 7.92. The van der Waals surface area contributed by atoms with Crippen molar-refractivity contribution in [3.05, 3.63) is 53.3 Å². The lowest BCUT2D eigenvalue weighted by atomic mass is 10.1. The molecule has 0 spiro atoms. The Bertz CT molecular complexity index is 1240. The van der Waals surface area contributed by atoms with Gasteiger partial charge in [0.2, 0.25) is 0 Å². The normalized spacial score (nSPS) is 13.1. The van der Waals surface area contributed by atoms with Crippen molar-refractivity contribution < 1.29 is 34.8 Å². The summed E-state index contributed by atoms with van der Waals surface area (Å²) in [6, 6.07) is 6.71. The van der Waals surface area contributed by atoms with Gasteiger partial charge in [-0.05, 0) is 51.0 Å². The minimum Gasteiger partial charge on any atom is -0.351 e. The number of carbonyl (C=O) groups excluding carboxylic acids is 1. The van der Waals surface area contributed by atoms with Crippen molar-refractivity contribution in [1.29, 1.82) is 0 Å². The van der Waals surface area contributed by atoms with Gasteiger partial charge in [0.05, 0.1) is 20.1 Å². The Morgan fingerprint density at radius 3 is 2.25 bits per heavy atom. The molecule has 0 saturated carbocycles. The third kappa shape index (κ3) is 5.66. The average Bonchev–Trinajstić information content (AvgIpc) is 2.65. The van der Waals surface area contributed by atoms with Crippen molar-refractivity contribution in [2.45, 2.75) is 47.9 Å². The number of halogens is 3. The molecule has 0 unspecified atom stereocenters. The van der Waals surface area contributed by atoms with E-state index in [9.17, 15) is 34.8 Å². The van der Waals surface area contributed by atoms with Gasteiger partial charge >= 0.3 is 6.18 Å². The molecule has 1 aromatic heterocycles. The van der Waals surface area contributed by atoms with Crippen LogP contribution < -0.4 is 5.32 Å². The van der Waals surface area contributed by atoms with Gasteiger partial charge in [0.15, 0.2) is 19.7 Å². The molecule has 32 heavy (non-hydrogen) atoms. The summed E-state index contributed by atoms with van der Waals surface area (Å²) in [4.78, 5) is 15.1. The van der Waals surface area contributed by atoms with Gasteiger partial charge in [-0.3, -0.25) is 4.79 Å². The lowest BCUT2D eigenvalue weighted by Gasteiger charge is -2.25. The van der Waals surface area contributed by atoms with Gasteiger partial charge < -0.3 is 5.32 Å². The number of alkyl halides is 3. The molecule has 176 valence electrons. The number of hydrogen-bond donors (Lipinski definition) is 1. The highest BCUT2D eigenvalue weighted by Crippen LogP contribution is 2.31. The number of nitrogens with zero attached hydrogens (tertiary/aromatic N) is 1. The minimum atomic E-state index is -4.84. The molecule has 2 rings (SSSR count). The molecule has 0 saturated heterocycles. The van der Waals surface area contributed by atoms with Crippen LogP contribution in [-0.4, -0.2) is 45.3 Å². The zero-order valence-corrected chi connectivity index (χ0v) is 19.5. The molecular formula is C20H23F3N2O5S2. The maximum Gasteiger partial charge on any atom is 0.417 e. The van der Waals surface area contributed by atoms with E-state index in [0.717, 1.165) is 5.56 Å². The fourth-order valence-corrected chi connectivity index (χ4v) is 5.29. The number of aromatic nitrogens is 1. The molecule has 0 radical (unpaired) electrons. The number of carbonyl (C=O) groups is 1. The predicted molar refractivity (Wildman–Crippen MR) is 112 cm³/mol. The summed E-state index contributed by atoms with van der Waals surface area (Å²) in [6.45, 7) is 4.54. The van der Waals surface area contributed by atoms with Gasteiger partial charge in [-0.25, -0.2) is 21.8 Å². The molecule has 0 aliphatic rings. The summed E-state index contributed by atoms with van der Waals surface area (Å²) in [5.41, 5.74) is -1.24. The van der Waals surface area contributed by atoms with E-state index in [2.05, 4.69) is 10.3 Å². The van der Waals surface area contributed by atoms with Gasteiger partial charge in [0.25, 0.3) is 5.91 Å². The van der Waals surface area contributed by atoms with Crippen LogP contribution in [0.2, 0.25) is 0 Å². The molecule has 1 N–H and O–H groups in total. The minimum absolute atomic E-state index is 0.0378. The number of aryl methyl sites for hydroxylation is 1. The Morgan fingerprint density at radius 1 is 1.09 bits per heavy atom. The Kier molecular flexibility index (Phi) is 7.10. The second-order valence-electron chi connectivity index (χ2n) is 7.93. The average molecular weight is 493 g/mol. The summed E-state index contributed by atoms with van der Waals surface area (Å²) in [5, 5.41) is 2.35. The van der Waals surface area contributed by atoms with Crippen molar-refractivity contribution in [3.8, 4) is 0 Å². The van der Waals surface area contributed by atoms with Crippen molar-refractivity contribution in [3.63, 3.8) is 0 Å². The Hall–Kier alpha value is -2.47. The van der Waals surface area contributed by atoms with Crippen LogP contribution in [0.1, 0.15) is 41.9 Å².